The van der Waals surface area contributed by atoms with Gasteiger partial charge in [0, 0.05) is 6.07 Å². The Balaban J connectivity index is 1.81. The molecule has 7 nitrogen and oxygen atoms in total. The minimum atomic E-state index is -4.70. The van der Waals surface area contributed by atoms with Crippen molar-refractivity contribution in [2.45, 2.75) is 13.1 Å². The van der Waals surface area contributed by atoms with Crippen molar-refractivity contribution < 1.29 is 27.3 Å². The van der Waals surface area contributed by atoms with E-state index in [4.69, 9.17) is 0 Å². The van der Waals surface area contributed by atoms with Gasteiger partial charge >= 0.3 is 11.2 Å². The van der Waals surface area contributed by atoms with E-state index >= 15 is 0 Å². The highest BCUT2D eigenvalue weighted by molar-refractivity contribution is 7.18. The number of thiophene rings is 2. The van der Waals surface area contributed by atoms with Gasteiger partial charge in [-0.3, -0.25) is 14.9 Å². The molecule has 0 fully saturated rings. The zero-order chi connectivity index (χ0) is 23.2. The summed E-state index contributed by atoms with van der Waals surface area (Å²) >= 11 is 1.84. The van der Waals surface area contributed by atoms with Gasteiger partial charge in [0.25, 0.3) is 5.91 Å². The monoisotopic (exact) mass is 482 g/mol. The van der Waals surface area contributed by atoms with Crippen LogP contribution in [-0.2, 0) is 6.18 Å². The summed E-state index contributed by atoms with van der Waals surface area (Å²) in [6.45, 7) is 1.70. The van der Waals surface area contributed by atoms with Crippen molar-refractivity contribution in [3.63, 3.8) is 0 Å². The number of rotatable bonds is 4. The van der Waals surface area contributed by atoms with E-state index in [1.54, 1.807) is 12.3 Å². The molecular weight excluding hydrogens is 472 g/mol. The maximum Gasteiger partial charge on any atom is 0.416 e. The third-order valence-electron chi connectivity index (χ3n) is 4.35. The second-order valence-corrected chi connectivity index (χ2v) is 8.48. The van der Waals surface area contributed by atoms with Crippen LogP contribution in [-0.4, -0.2) is 20.8 Å². The highest BCUT2D eigenvalue weighted by Gasteiger charge is 2.32. The molecule has 0 atom stereocenters. The van der Waals surface area contributed by atoms with Crippen LogP contribution < -0.4 is 5.32 Å². The number of anilines is 1. The summed E-state index contributed by atoms with van der Waals surface area (Å²) in [6, 6.07) is 4.33. The molecule has 0 unspecified atom stereocenters. The van der Waals surface area contributed by atoms with Crippen LogP contribution in [0.25, 0.3) is 21.6 Å². The zero-order valence-electron chi connectivity index (χ0n) is 15.9. The van der Waals surface area contributed by atoms with E-state index in [2.05, 4.69) is 15.3 Å². The van der Waals surface area contributed by atoms with Crippen molar-refractivity contribution in [3.8, 4) is 11.4 Å². The van der Waals surface area contributed by atoms with Crippen LogP contribution >= 0.6 is 22.7 Å². The van der Waals surface area contributed by atoms with Gasteiger partial charge in [0.1, 0.15) is 5.82 Å². The second-order valence-electron chi connectivity index (χ2n) is 6.53. The Kier molecular flexibility index (Phi) is 5.38. The first-order chi connectivity index (χ1) is 15.0. The predicted molar refractivity (Wildman–Crippen MR) is 111 cm³/mol. The Bertz CT molecular complexity index is 1380. The fourth-order valence-electron chi connectivity index (χ4n) is 2.83. The Hall–Kier alpha value is -3.45. The zero-order valence-corrected chi connectivity index (χ0v) is 17.5. The summed E-state index contributed by atoms with van der Waals surface area (Å²) < 4.78 is 54.2. The SMILES string of the molecule is Cc1csc2c(NC(=O)c3ccc([N+](=O)[O-])s3)nc(-c3cc(C(F)(F)F)ccc3F)nc12. The molecule has 1 N–H and O–H groups in total. The lowest BCUT2D eigenvalue weighted by Crippen LogP contribution is -2.12. The quantitative estimate of drug-likeness (QED) is 0.217. The van der Waals surface area contributed by atoms with Crippen molar-refractivity contribution in [2.75, 3.05) is 5.32 Å². The fourth-order valence-corrected chi connectivity index (χ4v) is 4.48. The van der Waals surface area contributed by atoms with Gasteiger partial charge < -0.3 is 5.32 Å². The number of aromatic nitrogens is 2. The molecule has 3 heterocycles. The average Bonchev–Trinajstić information content (AvgIpc) is 3.35. The van der Waals surface area contributed by atoms with Crippen LogP contribution in [0.2, 0.25) is 0 Å². The number of carbonyl (C=O) groups is 1. The summed E-state index contributed by atoms with van der Waals surface area (Å²) in [5, 5.41) is 14.8. The molecule has 0 radical (unpaired) electrons. The number of hydrogen-bond acceptors (Lipinski definition) is 7. The van der Waals surface area contributed by atoms with E-state index in [1.807, 2.05) is 0 Å². The summed E-state index contributed by atoms with van der Waals surface area (Å²) in [7, 11) is 0. The summed E-state index contributed by atoms with van der Waals surface area (Å²) in [4.78, 5) is 31.2. The number of halogens is 4. The molecular formula is C19H10F4N4O3S2. The third kappa shape index (κ3) is 4.03. The molecule has 0 aliphatic carbocycles. The van der Waals surface area contributed by atoms with E-state index in [0.29, 0.717) is 45.3 Å². The summed E-state index contributed by atoms with van der Waals surface area (Å²) in [5.74, 6) is -2.04. The molecule has 13 heteroatoms. The average molecular weight is 482 g/mol. The van der Waals surface area contributed by atoms with Gasteiger partial charge in [-0.25, -0.2) is 14.4 Å². The molecule has 3 aromatic heterocycles. The minimum Gasteiger partial charge on any atom is -0.305 e. The minimum absolute atomic E-state index is 0.0311. The van der Waals surface area contributed by atoms with Gasteiger partial charge in [0.2, 0.25) is 0 Å². The van der Waals surface area contributed by atoms with E-state index < -0.39 is 34.0 Å². The number of nitro groups is 1. The molecule has 0 saturated carbocycles. The van der Waals surface area contributed by atoms with Crippen LogP contribution in [0.15, 0.2) is 35.7 Å². The van der Waals surface area contributed by atoms with E-state index in [-0.39, 0.29) is 21.5 Å². The third-order valence-corrected chi connectivity index (χ3v) is 6.48. The molecule has 32 heavy (non-hydrogen) atoms. The number of alkyl halides is 3. The molecule has 0 bridgehead atoms. The molecule has 0 aliphatic rings. The summed E-state index contributed by atoms with van der Waals surface area (Å²) in [5.41, 5.74) is -0.557. The van der Waals surface area contributed by atoms with Crippen molar-refractivity contribution in [2.24, 2.45) is 0 Å². The second kappa shape index (κ2) is 7.91. The number of amides is 1. The standard InChI is InChI=1S/C19H10F4N4O3S2/c1-8-7-31-15-14(8)24-16(10-6-9(19(21,22)23)2-3-11(10)20)25-17(15)26-18(28)12-4-5-13(32-12)27(29)30/h2-7H,1H3,(H,24,25,26,28). The number of carbonyl (C=O) groups excluding carboxylic acids is 1. The van der Waals surface area contributed by atoms with Crippen molar-refractivity contribution in [3.05, 3.63) is 67.6 Å². The number of nitrogens with one attached hydrogen (secondary N) is 1. The summed E-state index contributed by atoms with van der Waals surface area (Å²) in [6.07, 6.45) is -4.70. The Labute approximate surface area is 184 Å². The molecule has 1 aromatic carbocycles. The molecule has 164 valence electrons. The van der Waals surface area contributed by atoms with Crippen molar-refractivity contribution >= 4 is 49.6 Å². The maximum absolute atomic E-state index is 14.4. The van der Waals surface area contributed by atoms with Crippen LogP contribution in [0.5, 0.6) is 0 Å². The number of fused-ring (bicyclic) bond motifs is 1. The lowest BCUT2D eigenvalue weighted by Gasteiger charge is -2.11. The fraction of sp³-hybridized carbons (Fsp3) is 0.105. The Morgan fingerprint density at radius 1 is 1.19 bits per heavy atom. The molecule has 4 aromatic rings. The largest absolute Gasteiger partial charge is 0.416 e. The normalized spacial score (nSPS) is 11.7. The van der Waals surface area contributed by atoms with Crippen LogP contribution in [0, 0.1) is 22.9 Å². The molecule has 1 amide bonds. The first kappa shape index (κ1) is 21.8. The predicted octanol–water partition coefficient (Wildman–Crippen LogP) is 6.05. The van der Waals surface area contributed by atoms with E-state index in [0.717, 1.165) is 0 Å². The Morgan fingerprint density at radius 2 is 1.94 bits per heavy atom. The van der Waals surface area contributed by atoms with Gasteiger partial charge in [-0.2, -0.15) is 13.2 Å². The van der Waals surface area contributed by atoms with Gasteiger partial charge in [-0.1, -0.05) is 11.3 Å². The van der Waals surface area contributed by atoms with Gasteiger partial charge in [-0.15, -0.1) is 11.3 Å². The molecule has 0 spiro atoms. The lowest BCUT2D eigenvalue weighted by molar-refractivity contribution is -0.380. The van der Waals surface area contributed by atoms with E-state index in [9.17, 15) is 32.5 Å². The van der Waals surface area contributed by atoms with Gasteiger partial charge in [-0.05, 0) is 42.1 Å². The highest BCUT2D eigenvalue weighted by Crippen LogP contribution is 2.36. The van der Waals surface area contributed by atoms with Crippen molar-refractivity contribution in [1.82, 2.24) is 9.97 Å². The van der Waals surface area contributed by atoms with Crippen molar-refractivity contribution in [1.29, 1.82) is 0 Å². The number of benzene rings is 1. The molecule has 0 saturated heterocycles. The number of nitrogens with zero attached hydrogens (tertiary/aromatic N) is 3. The molecule has 0 aliphatic heterocycles. The highest BCUT2D eigenvalue weighted by atomic mass is 32.1. The van der Waals surface area contributed by atoms with Crippen LogP contribution in [0.3, 0.4) is 0 Å². The first-order valence-electron chi connectivity index (χ1n) is 8.73. The Morgan fingerprint density at radius 3 is 2.59 bits per heavy atom. The number of hydrogen-bond donors (Lipinski definition) is 1. The topological polar surface area (TPSA) is 98.0 Å². The molecule has 4 rings (SSSR count). The number of aryl methyl sites for hydroxylation is 1. The van der Waals surface area contributed by atoms with Gasteiger partial charge in [0.05, 0.1) is 31.1 Å². The lowest BCUT2D eigenvalue weighted by atomic mass is 10.1. The van der Waals surface area contributed by atoms with E-state index in [1.165, 1.54) is 23.5 Å². The first-order valence-corrected chi connectivity index (χ1v) is 10.4. The smallest absolute Gasteiger partial charge is 0.305 e. The van der Waals surface area contributed by atoms with Gasteiger partial charge in [0.15, 0.2) is 11.6 Å². The maximum atomic E-state index is 14.4. The van der Waals surface area contributed by atoms with Crippen LogP contribution in [0.4, 0.5) is 28.4 Å². The van der Waals surface area contributed by atoms with Crippen LogP contribution in [0.1, 0.15) is 20.8 Å².